The van der Waals surface area contributed by atoms with Crippen LogP contribution in [0.4, 0.5) is 0 Å². The minimum Gasteiger partial charge on any atom is -0.473 e. The van der Waals surface area contributed by atoms with Crippen molar-refractivity contribution < 1.29 is 4.74 Å². The lowest BCUT2D eigenvalue weighted by molar-refractivity contribution is 0.0649. The van der Waals surface area contributed by atoms with Crippen LogP contribution in [0.5, 0.6) is 5.88 Å². The Morgan fingerprint density at radius 1 is 1.20 bits per heavy atom. The van der Waals surface area contributed by atoms with Crippen LogP contribution in [-0.4, -0.2) is 34.5 Å². The van der Waals surface area contributed by atoms with Gasteiger partial charge in [-0.3, -0.25) is 0 Å². The third-order valence-corrected chi connectivity index (χ3v) is 5.49. The predicted octanol–water partition coefficient (Wildman–Crippen LogP) is 3.72. The fraction of sp³-hybridized carbons (Fsp3) is 0.533. The van der Waals surface area contributed by atoms with Gasteiger partial charge in [0.2, 0.25) is 5.88 Å². The highest BCUT2D eigenvalue weighted by molar-refractivity contribution is 7.13. The van der Waals surface area contributed by atoms with Crippen molar-refractivity contribution in [3.05, 3.63) is 24.3 Å². The van der Waals surface area contributed by atoms with Gasteiger partial charge >= 0.3 is 0 Å². The number of nitrogens with zero attached hydrogens (tertiary/aromatic N) is 2. The zero-order valence-electron chi connectivity index (χ0n) is 11.5. The van der Waals surface area contributed by atoms with Crippen molar-refractivity contribution in [2.24, 2.45) is 0 Å². The molecule has 0 amide bonds. The molecular weight excluding hydrogens is 292 g/mol. The summed E-state index contributed by atoms with van der Waals surface area (Å²) in [5, 5.41) is 1.17. The maximum absolute atomic E-state index is 6.21. The molecule has 108 valence electrons. The van der Waals surface area contributed by atoms with Crippen LogP contribution in [0.3, 0.4) is 0 Å². The first-order valence-corrected chi connectivity index (χ1v) is 7.81. The molecule has 20 heavy (non-hydrogen) atoms. The van der Waals surface area contributed by atoms with Gasteiger partial charge in [-0.15, -0.1) is 12.4 Å². The molecule has 3 atom stereocenters. The lowest BCUT2D eigenvalue weighted by Gasteiger charge is -2.35. The molecule has 4 rings (SSSR count). The van der Waals surface area contributed by atoms with Gasteiger partial charge in [-0.1, -0.05) is 12.1 Å². The van der Waals surface area contributed by atoms with Gasteiger partial charge < -0.3 is 9.64 Å². The molecular formula is C15H19ClN2OS. The van der Waals surface area contributed by atoms with Crippen LogP contribution in [0.15, 0.2) is 24.3 Å². The van der Waals surface area contributed by atoms with Gasteiger partial charge in [-0.25, -0.2) is 0 Å². The molecule has 3 nitrogen and oxygen atoms in total. The van der Waals surface area contributed by atoms with Gasteiger partial charge in [0.25, 0.3) is 0 Å². The normalized spacial score (nSPS) is 29.4. The first kappa shape index (κ1) is 14.1. The van der Waals surface area contributed by atoms with Gasteiger partial charge in [-0.05, 0) is 56.4 Å². The first-order chi connectivity index (χ1) is 9.31. The molecule has 2 fully saturated rings. The van der Waals surface area contributed by atoms with E-state index in [0.717, 1.165) is 18.7 Å². The van der Waals surface area contributed by atoms with Crippen molar-refractivity contribution in [2.45, 2.75) is 43.9 Å². The van der Waals surface area contributed by atoms with Gasteiger partial charge in [0.15, 0.2) is 0 Å². The van der Waals surface area contributed by atoms with Crippen LogP contribution >= 0.6 is 23.9 Å². The largest absolute Gasteiger partial charge is 0.473 e. The molecule has 3 heterocycles. The molecule has 1 aromatic carbocycles. The smallest absolute Gasteiger partial charge is 0.233 e. The van der Waals surface area contributed by atoms with Crippen LogP contribution < -0.4 is 4.74 Å². The fourth-order valence-electron chi connectivity index (χ4n) is 3.56. The quantitative estimate of drug-likeness (QED) is 0.845. The molecule has 2 aliphatic heterocycles. The minimum atomic E-state index is 0. The van der Waals surface area contributed by atoms with Crippen molar-refractivity contribution in [2.75, 3.05) is 7.05 Å². The second kappa shape index (κ2) is 5.51. The lowest BCUT2D eigenvalue weighted by atomic mass is 10.0. The summed E-state index contributed by atoms with van der Waals surface area (Å²) in [5.74, 6) is 0.842. The third kappa shape index (κ3) is 2.30. The number of fused-ring (bicyclic) bond motifs is 3. The van der Waals surface area contributed by atoms with Crippen LogP contribution in [0.2, 0.25) is 0 Å². The summed E-state index contributed by atoms with van der Waals surface area (Å²) in [6, 6.07) is 9.76. The molecule has 2 aromatic rings. The van der Waals surface area contributed by atoms with E-state index in [1.807, 2.05) is 0 Å². The topological polar surface area (TPSA) is 25.4 Å². The molecule has 1 aromatic heterocycles. The summed E-state index contributed by atoms with van der Waals surface area (Å²) in [6.07, 6.45) is 5.31. The van der Waals surface area contributed by atoms with Crippen LogP contribution in [-0.2, 0) is 0 Å². The lowest BCUT2D eigenvalue weighted by Crippen LogP contribution is -2.43. The summed E-state index contributed by atoms with van der Waals surface area (Å²) in [5.41, 5.74) is 0. The van der Waals surface area contributed by atoms with E-state index in [-0.39, 0.29) is 12.4 Å². The number of piperidine rings is 1. The van der Waals surface area contributed by atoms with Gasteiger partial charge in [0.1, 0.15) is 6.10 Å². The van der Waals surface area contributed by atoms with E-state index in [2.05, 4.69) is 40.6 Å². The summed E-state index contributed by atoms with van der Waals surface area (Å²) in [6.45, 7) is 0. The van der Waals surface area contributed by atoms with Crippen LogP contribution in [0.1, 0.15) is 25.7 Å². The van der Waals surface area contributed by atoms with Crippen LogP contribution in [0, 0.1) is 0 Å². The van der Waals surface area contributed by atoms with E-state index >= 15 is 0 Å². The molecule has 2 bridgehead atoms. The molecule has 0 saturated carbocycles. The predicted molar refractivity (Wildman–Crippen MR) is 85.1 cm³/mol. The highest BCUT2D eigenvalue weighted by Gasteiger charge is 2.39. The molecule has 2 aliphatic rings. The zero-order chi connectivity index (χ0) is 12.8. The Hall–Kier alpha value is -0.840. The Kier molecular flexibility index (Phi) is 3.89. The second-order valence-electron chi connectivity index (χ2n) is 5.75. The van der Waals surface area contributed by atoms with Crippen molar-refractivity contribution in [1.82, 2.24) is 9.27 Å². The summed E-state index contributed by atoms with van der Waals surface area (Å²) in [4.78, 5) is 2.54. The van der Waals surface area contributed by atoms with E-state index in [1.165, 1.54) is 34.5 Å². The number of halogens is 1. The van der Waals surface area contributed by atoms with Gasteiger partial charge in [0, 0.05) is 12.1 Å². The Balaban J connectivity index is 0.00000121. The number of hydrogen-bond acceptors (Lipinski definition) is 4. The van der Waals surface area contributed by atoms with E-state index in [4.69, 9.17) is 4.74 Å². The molecule has 0 radical (unpaired) electrons. The summed E-state index contributed by atoms with van der Waals surface area (Å²) in [7, 11) is 2.26. The zero-order valence-corrected chi connectivity index (χ0v) is 13.1. The van der Waals surface area contributed by atoms with E-state index in [1.54, 1.807) is 0 Å². The highest BCUT2D eigenvalue weighted by atomic mass is 35.5. The number of hydrogen-bond donors (Lipinski definition) is 0. The first-order valence-electron chi connectivity index (χ1n) is 7.04. The van der Waals surface area contributed by atoms with Crippen LogP contribution in [0.25, 0.3) is 10.1 Å². The van der Waals surface area contributed by atoms with E-state index < -0.39 is 0 Å². The maximum Gasteiger partial charge on any atom is 0.233 e. The summed E-state index contributed by atoms with van der Waals surface area (Å²) >= 11 is 1.53. The molecule has 2 saturated heterocycles. The average Bonchev–Trinajstić information content (AvgIpc) is 2.89. The van der Waals surface area contributed by atoms with Crippen molar-refractivity contribution in [3.8, 4) is 5.88 Å². The van der Waals surface area contributed by atoms with Crippen molar-refractivity contribution in [1.29, 1.82) is 0 Å². The fourth-order valence-corrected chi connectivity index (χ4v) is 4.28. The average molecular weight is 311 g/mol. The number of aromatic nitrogens is 1. The number of rotatable bonds is 2. The SMILES string of the molecule is CN1[C@@H]2CC[C@H]1CC(Oc1nsc3ccccc13)C2.Cl. The number of ether oxygens (including phenoxy) is 1. The Morgan fingerprint density at radius 2 is 1.90 bits per heavy atom. The van der Waals surface area contributed by atoms with Crippen molar-refractivity contribution >= 4 is 34.0 Å². The Morgan fingerprint density at radius 3 is 2.65 bits per heavy atom. The standard InChI is InChI=1S/C15H18N2OS.ClH/c1-17-10-6-7-11(17)9-12(8-10)18-15-13-4-2-3-5-14(13)19-16-15;/h2-5,10-12H,6-9H2,1H3;1H/t10-,11+,12?;. The van der Waals surface area contributed by atoms with E-state index in [9.17, 15) is 0 Å². The second-order valence-corrected chi connectivity index (χ2v) is 6.55. The third-order valence-electron chi connectivity index (χ3n) is 4.68. The molecule has 0 N–H and O–H groups in total. The molecule has 0 spiro atoms. The monoisotopic (exact) mass is 310 g/mol. The minimum absolute atomic E-state index is 0. The Labute approximate surface area is 129 Å². The van der Waals surface area contributed by atoms with E-state index in [0.29, 0.717) is 18.2 Å². The molecule has 0 aliphatic carbocycles. The van der Waals surface area contributed by atoms with Crippen molar-refractivity contribution in [3.63, 3.8) is 0 Å². The summed E-state index contributed by atoms with van der Waals surface area (Å²) < 4.78 is 11.9. The Bertz CT molecular complexity index is 588. The van der Waals surface area contributed by atoms with Gasteiger partial charge in [-0.2, -0.15) is 4.37 Å². The molecule has 5 heteroatoms. The highest BCUT2D eigenvalue weighted by Crippen LogP contribution is 2.37. The maximum atomic E-state index is 6.21. The molecule has 1 unspecified atom stereocenters. The van der Waals surface area contributed by atoms with Gasteiger partial charge in [0.05, 0.1) is 10.1 Å². The number of benzene rings is 1.